The van der Waals surface area contributed by atoms with Gasteiger partial charge in [0, 0.05) is 30.9 Å². The Bertz CT molecular complexity index is 809. The first-order chi connectivity index (χ1) is 11.1. The topological polar surface area (TPSA) is 50.1 Å². The van der Waals surface area contributed by atoms with Gasteiger partial charge in [-0.15, -0.1) is 0 Å². The predicted molar refractivity (Wildman–Crippen MR) is 93.3 cm³/mol. The van der Waals surface area contributed by atoms with Gasteiger partial charge in [0.25, 0.3) is 0 Å². The van der Waals surface area contributed by atoms with E-state index in [0.717, 1.165) is 16.6 Å². The zero-order valence-electron chi connectivity index (χ0n) is 13.8. The van der Waals surface area contributed by atoms with Crippen LogP contribution in [0.25, 0.3) is 10.8 Å². The van der Waals surface area contributed by atoms with Gasteiger partial charge in [-0.3, -0.25) is 4.68 Å². The molecule has 0 aliphatic carbocycles. The average molecular weight is 309 g/mol. The largest absolute Gasteiger partial charge is 0.387 e. The second-order valence-corrected chi connectivity index (χ2v) is 6.06. The summed E-state index contributed by atoms with van der Waals surface area (Å²) < 4.78 is 1.87. The highest BCUT2D eigenvalue weighted by Gasteiger charge is 2.14. The lowest BCUT2D eigenvalue weighted by atomic mass is 10.0. The van der Waals surface area contributed by atoms with E-state index < -0.39 is 6.10 Å². The first-order valence-electron chi connectivity index (χ1n) is 7.95. The second-order valence-electron chi connectivity index (χ2n) is 6.06. The van der Waals surface area contributed by atoms with Crippen LogP contribution in [0.1, 0.15) is 35.9 Å². The number of rotatable bonds is 5. The van der Waals surface area contributed by atoms with Crippen molar-refractivity contribution < 1.29 is 5.11 Å². The van der Waals surface area contributed by atoms with Gasteiger partial charge in [-0.25, -0.2) is 0 Å². The van der Waals surface area contributed by atoms with Gasteiger partial charge in [0.1, 0.15) is 0 Å². The molecule has 2 aromatic carbocycles. The summed E-state index contributed by atoms with van der Waals surface area (Å²) in [6.45, 7) is 4.66. The van der Waals surface area contributed by atoms with Crippen LogP contribution in [0, 0.1) is 6.92 Å². The van der Waals surface area contributed by atoms with E-state index >= 15 is 0 Å². The number of aliphatic hydroxyl groups excluding tert-OH is 1. The minimum atomic E-state index is -0.529. The Labute approximate surface area is 136 Å². The number of fused-ring (bicyclic) bond motifs is 1. The molecule has 2 unspecified atom stereocenters. The summed E-state index contributed by atoms with van der Waals surface area (Å²) in [5.74, 6) is 0. The molecule has 1 aromatic heterocycles. The molecule has 3 aromatic rings. The van der Waals surface area contributed by atoms with E-state index in [1.165, 1.54) is 10.9 Å². The van der Waals surface area contributed by atoms with Gasteiger partial charge in [0.2, 0.25) is 0 Å². The summed E-state index contributed by atoms with van der Waals surface area (Å²) >= 11 is 0. The lowest BCUT2D eigenvalue weighted by molar-refractivity contribution is 0.171. The molecule has 0 fully saturated rings. The van der Waals surface area contributed by atoms with Crippen LogP contribution >= 0.6 is 0 Å². The van der Waals surface area contributed by atoms with Gasteiger partial charge >= 0.3 is 0 Å². The zero-order chi connectivity index (χ0) is 16.4. The van der Waals surface area contributed by atoms with E-state index in [1.807, 2.05) is 36.1 Å². The molecular formula is C19H23N3O. The molecular weight excluding hydrogens is 286 g/mol. The van der Waals surface area contributed by atoms with Crippen molar-refractivity contribution in [3.8, 4) is 0 Å². The molecule has 0 radical (unpaired) electrons. The Balaban J connectivity index is 1.68. The standard InChI is InChI=1S/C19H23N3O/c1-13(18-11-21-22(3)14(18)2)20-12-19(23)17-9-8-15-6-4-5-7-16(15)10-17/h4-11,13,19-20,23H,12H2,1-3H3. The van der Waals surface area contributed by atoms with Crippen molar-refractivity contribution in [1.29, 1.82) is 0 Å². The van der Waals surface area contributed by atoms with Crippen LogP contribution in [0.5, 0.6) is 0 Å². The highest BCUT2D eigenvalue weighted by Crippen LogP contribution is 2.21. The highest BCUT2D eigenvalue weighted by molar-refractivity contribution is 5.83. The van der Waals surface area contributed by atoms with Crippen molar-refractivity contribution in [1.82, 2.24) is 15.1 Å². The Morgan fingerprint density at radius 2 is 1.91 bits per heavy atom. The first-order valence-corrected chi connectivity index (χ1v) is 7.95. The number of aliphatic hydroxyl groups is 1. The third kappa shape index (κ3) is 3.28. The van der Waals surface area contributed by atoms with Gasteiger partial charge < -0.3 is 10.4 Å². The lowest BCUT2D eigenvalue weighted by Gasteiger charge is -2.18. The number of hydrogen-bond acceptors (Lipinski definition) is 3. The molecule has 0 amide bonds. The molecule has 2 atom stereocenters. The third-order valence-corrected chi connectivity index (χ3v) is 4.52. The maximum Gasteiger partial charge on any atom is 0.0914 e. The Morgan fingerprint density at radius 3 is 2.61 bits per heavy atom. The fraction of sp³-hybridized carbons (Fsp3) is 0.316. The molecule has 0 aliphatic heterocycles. The minimum absolute atomic E-state index is 0.152. The summed E-state index contributed by atoms with van der Waals surface area (Å²) in [5.41, 5.74) is 3.25. The third-order valence-electron chi connectivity index (χ3n) is 4.52. The maximum atomic E-state index is 10.5. The van der Waals surface area contributed by atoms with Gasteiger partial charge in [-0.05, 0) is 36.2 Å². The number of aryl methyl sites for hydroxylation is 1. The van der Waals surface area contributed by atoms with E-state index in [4.69, 9.17) is 0 Å². The van der Waals surface area contributed by atoms with Crippen LogP contribution in [0.4, 0.5) is 0 Å². The van der Waals surface area contributed by atoms with Crippen LogP contribution < -0.4 is 5.32 Å². The van der Waals surface area contributed by atoms with Crippen molar-refractivity contribution in [2.24, 2.45) is 7.05 Å². The number of nitrogens with zero attached hydrogens (tertiary/aromatic N) is 2. The predicted octanol–water partition coefficient (Wildman–Crippen LogP) is 3.27. The minimum Gasteiger partial charge on any atom is -0.387 e. The fourth-order valence-electron chi connectivity index (χ4n) is 2.87. The number of benzene rings is 2. The molecule has 4 heteroatoms. The van der Waals surface area contributed by atoms with Crippen molar-refractivity contribution in [2.45, 2.75) is 26.0 Å². The van der Waals surface area contributed by atoms with Crippen molar-refractivity contribution in [3.63, 3.8) is 0 Å². The fourth-order valence-corrected chi connectivity index (χ4v) is 2.87. The number of hydrogen-bond donors (Lipinski definition) is 2. The second kappa shape index (κ2) is 6.52. The van der Waals surface area contributed by atoms with E-state index in [2.05, 4.69) is 48.5 Å². The van der Waals surface area contributed by atoms with E-state index in [1.54, 1.807) is 0 Å². The SMILES string of the molecule is Cc1c(C(C)NCC(O)c2ccc3ccccc3c2)cnn1C. The van der Waals surface area contributed by atoms with E-state index in [0.29, 0.717) is 6.54 Å². The Hall–Kier alpha value is -2.17. The van der Waals surface area contributed by atoms with Crippen LogP contribution in [0.3, 0.4) is 0 Å². The van der Waals surface area contributed by atoms with Gasteiger partial charge in [-0.1, -0.05) is 36.4 Å². The molecule has 23 heavy (non-hydrogen) atoms. The normalized spacial score (nSPS) is 14.1. The molecule has 0 saturated carbocycles. The summed E-state index contributed by atoms with van der Waals surface area (Å²) in [6, 6.07) is 14.5. The molecule has 0 aliphatic rings. The molecule has 120 valence electrons. The Kier molecular flexibility index (Phi) is 4.46. The summed E-state index contributed by atoms with van der Waals surface area (Å²) in [4.78, 5) is 0. The van der Waals surface area contributed by atoms with Gasteiger partial charge in [0.15, 0.2) is 0 Å². The molecule has 3 rings (SSSR count). The molecule has 1 heterocycles. The van der Waals surface area contributed by atoms with Crippen LogP contribution in [-0.2, 0) is 7.05 Å². The van der Waals surface area contributed by atoms with Crippen molar-refractivity contribution >= 4 is 10.8 Å². The first kappa shape index (κ1) is 15.7. The van der Waals surface area contributed by atoms with Crippen molar-refractivity contribution in [2.75, 3.05) is 6.54 Å². The van der Waals surface area contributed by atoms with Gasteiger partial charge in [-0.2, -0.15) is 5.10 Å². The molecule has 0 bridgehead atoms. The summed E-state index contributed by atoms with van der Waals surface area (Å²) in [6.07, 6.45) is 1.36. The van der Waals surface area contributed by atoms with Crippen molar-refractivity contribution in [3.05, 3.63) is 65.5 Å². The number of nitrogens with one attached hydrogen (secondary N) is 1. The molecule has 4 nitrogen and oxygen atoms in total. The molecule has 0 saturated heterocycles. The quantitative estimate of drug-likeness (QED) is 0.760. The summed E-state index contributed by atoms with van der Waals surface area (Å²) in [5, 5.41) is 20.5. The lowest BCUT2D eigenvalue weighted by Crippen LogP contribution is -2.25. The van der Waals surface area contributed by atoms with Crippen LogP contribution in [0.2, 0.25) is 0 Å². The van der Waals surface area contributed by atoms with Crippen LogP contribution in [0.15, 0.2) is 48.7 Å². The van der Waals surface area contributed by atoms with E-state index in [-0.39, 0.29) is 6.04 Å². The van der Waals surface area contributed by atoms with Crippen LogP contribution in [-0.4, -0.2) is 21.4 Å². The number of aromatic nitrogens is 2. The monoisotopic (exact) mass is 309 g/mol. The van der Waals surface area contributed by atoms with E-state index in [9.17, 15) is 5.11 Å². The van der Waals surface area contributed by atoms with Gasteiger partial charge in [0.05, 0.1) is 12.3 Å². The molecule has 0 spiro atoms. The maximum absolute atomic E-state index is 10.5. The highest BCUT2D eigenvalue weighted by atomic mass is 16.3. The smallest absolute Gasteiger partial charge is 0.0914 e. The molecule has 2 N–H and O–H groups in total. The Morgan fingerprint density at radius 1 is 1.17 bits per heavy atom. The average Bonchev–Trinajstić information content (AvgIpc) is 2.91. The zero-order valence-corrected chi connectivity index (χ0v) is 13.8. The summed E-state index contributed by atoms with van der Waals surface area (Å²) in [7, 11) is 1.94.